The summed E-state index contributed by atoms with van der Waals surface area (Å²) in [5.41, 5.74) is 1.19. The number of benzene rings is 1. The topological polar surface area (TPSA) is 12.9 Å². The molecule has 1 nitrogen and oxygen atoms in total. The molecule has 2 aromatic rings. The van der Waals surface area contributed by atoms with Crippen molar-refractivity contribution < 1.29 is 14.1 Å². The smallest absolute Gasteiger partial charge is 0.147 e. The second-order valence-corrected chi connectivity index (χ2v) is 10.8. The van der Waals surface area contributed by atoms with Crippen molar-refractivity contribution in [1.29, 1.82) is 0 Å². The van der Waals surface area contributed by atoms with Crippen LogP contribution in [0.4, 0.5) is 0 Å². The average Bonchev–Trinajstić information content (AvgIpc) is 2.84. The Labute approximate surface area is 156 Å². The van der Waals surface area contributed by atoms with Crippen LogP contribution in [-0.2, 0) is 14.1 Å². The molecule has 0 fully saturated rings. The van der Waals surface area contributed by atoms with Crippen LogP contribution in [0.2, 0.25) is 4.28 Å². The molecule has 0 radical (unpaired) electrons. The number of nitrogens with zero attached hydrogens (tertiary/aromatic N) is 1. The summed E-state index contributed by atoms with van der Waals surface area (Å²) in [6.45, 7) is 9.46. The average molecular weight is 389 g/mol. The molecule has 0 bridgehead atoms. The summed E-state index contributed by atoms with van der Waals surface area (Å²) in [5, 5.41) is 1.26. The summed E-state index contributed by atoms with van der Waals surface area (Å²) < 4.78 is 3.39. The molecule has 0 saturated carbocycles. The SMILES string of the molecule is CC1C=CC=[C]1[Cr]([c]1cccc2cccnc12)[C](C)(C)C.Cl.Cl. The molecule has 1 aromatic heterocycles. The first-order valence-corrected chi connectivity index (χ1v) is 9.36. The number of halogens is 2. The second kappa shape index (κ2) is 7.86. The molecule has 1 atom stereocenters. The van der Waals surface area contributed by atoms with Gasteiger partial charge in [0, 0.05) is 0 Å². The summed E-state index contributed by atoms with van der Waals surface area (Å²) in [6.07, 6.45) is 8.81. The first-order valence-electron chi connectivity index (χ1n) is 7.45. The van der Waals surface area contributed by atoms with Gasteiger partial charge in [-0.1, -0.05) is 0 Å². The molecule has 4 heteroatoms. The molecule has 0 amide bonds. The normalized spacial score (nSPS) is 16.9. The Balaban J connectivity index is 0.00000132. The first-order chi connectivity index (χ1) is 9.98. The van der Waals surface area contributed by atoms with Crippen molar-refractivity contribution in [2.75, 3.05) is 0 Å². The van der Waals surface area contributed by atoms with E-state index >= 15 is 0 Å². The fourth-order valence-electron chi connectivity index (χ4n) is 2.87. The molecule has 0 aliphatic heterocycles. The van der Waals surface area contributed by atoms with Crippen molar-refractivity contribution >= 4 is 40.1 Å². The summed E-state index contributed by atoms with van der Waals surface area (Å²) >= 11 is -1.14. The van der Waals surface area contributed by atoms with Gasteiger partial charge in [-0.3, -0.25) is 0 Å². The predicted molar refractivity (Wildman–Crippen MR) is 102 cm³/mol. The number of hydrogen-bond donors (Lipinski definition) is 0. The van der Waals surface area contributed by atoms with E-state index in [1.807, 2.05) is 12.3 Å². The molecule has 0 saturated heterocycles. The second-order valence-electron chi connectivity index (χ2n) is 6.49. The summed E-state index contributed by atoms with van der Waals surface area (Å²) in [7, 11) is 0. The zero-order chi connectivity index (χ0) is 15.0. The van der Waals surface area contributed by atoms with E-state index in [9.17, 15) is 0 Å². The van der Waals surface area contributed by atoms with Gasteiger partial charge in [0.2, 0.25) is 0 Å². The van der Waals surface area contributed by atoms with E-state index in [1.54, 1.807) is 4.44 Å². The molecule has 1 unspecified atom stereocenters. The number of allylic oxidation sites excluding steroid dienone is 4. The Morgan fingerprint density at radius 2 is 1.74 bits per heavy atom. The van der Waals surface area contributed by atoms with E-state index in [-0.39, 0.29) is 29.1 Å². The fourth-order valence-corrected chi connectivity index (χ4v) is 7.34. The van der Waals surface area contributed by atoms with E-state index in [0.717, 1.165) is 0 Å². The van der Waals surface area contributed by atoms with Crippen molar-refractivity contribution in [3.63, 3.8) is 0 Å². The maximum Gasteiger partial charge on any atom is -0.147 e. The minimum Gasteiger partial charge on any atom is -0.147 e. The number of hydrogen-bond acceptors (Lipinski definition) is 1. The van der Waals surface area contributed by atoms with Crippen LogP contribution in [0.1, 0.15) is 27.7 Å². The standard InChI is InChI=1S/C9H6N.C6H7.C4H9.2ClH.Cr/c1-2-6-9-8(4-1)5-3-7-10-9;1-6-4-2-3-5-6;1-4(2)3;;;/h1-5,7H;2-4,6H,1H3;1-3H3;2*1H;. The van der Waals surface area contributed by atoms with Crippen LogP contribution in [0.25, 0.3) is 10.9 Å². The monoisotopic (exact) mass is 388 g/mol. The minimum absolute atomic E-state index is 0. The third-order valence-electron chi connectivity index (χ3n) is 3.77. The van der Waals surface area contributed by atoms with E-state index in [0.29, 0.717) is 5.92 Å². The first kappa shape index (κ1) is 20.3. The predicted octanol–water partition coefficient (Wildman–Crippen LogP) is 5.63. The number of fused-ring (bicyclic) bond motifs is 1. The number of aromatic nitrogens is 1. The van der Waals surface area contributed by atoms with E-state index in [1.165, 1.54) is 15.3 Å². The van der Waals surface area contributed by atoms with E-state index < -0.39 is 14.1 Å². The van der Waals surface area contributed by atoms with Crippen LogP contribution >= 0.6 is 24.8 Å². The Kier molecular flexibility index (Phi) is 6.93. The van der Waals surface area contributed by atoms with Crippen molar-refractivity contribution in [1.82, 2.24) is 4.98 Å². The van der Waals surface area contributed by atoms with Crippen LogP contribution in [0.15, 0.2) is 59.2 Å². The Bertz CT molecular complexity index is 726. The maximum atomic E-state index is 4.70. The molecule has 125 valence electrons. The molecule has 1 aromatic carbocycles. The molecule has 1 heterocycles. The molecule has 23 heavy (non-hydrogen) atoms. The van der Waals surface area contributed by atoms with Crippen LogP contribution in [0.5, 0.6) is 0 Å². The molecular weight excluding hydrogens is 365 g/mol. The van der Waals surface area contributed by atoms with Crippen LogP contribution < -0.4 is 4.43 Å². The summed E-state index contributed by atoms with van der Waals surface area (Å²) in [6, 6.07) is 10.9. The van der Waals surface area contributed by atoms with Crippen LogP contribution in [0.3, 0.4) is 0 Å². The van der Waals surface area contributed by atoms with Crippen molar-refractivity contribution in [2.24, 2.45) is 5.92 Å². The minimum atomic E-state index is -1.14. The van der Waals surface area contributed by atoms with Gasteiger partial charge < -0.3 is 0 Å². The molecule has 1 aliphatic carbocycles. The van der Waals surface area contributed by atoms with Gasteiger partial charge in [0.1, 0.15) is 0 Å². The Hall–Kier alpha value is -0.778. The van der Waals surface area contributed by atoms with Crippen LogP contribution in [0, 0.1) is 5.92 Å². The maximum absolute atomic E-state index is 4.70. The summed E-state index contributed by atoms with van der Waals surface area (Å²) in [5.74, 6) is 0.563. The number of para-hydroxylation sites is 1. The van der Waals surface area contributed by atoms with Gasteiger partial charge in [-0.15, -0.1) is 24.8 Å². The van der Waals surface area contributed by atoms with Gasteiger partial charge in [0.25, 0.3) is 0 Å². The molecule has 3 rings (SSSR count). The largest absolute Gasteiger partial charge is 0.147 e. The molecular formula is C19H24Cl2CrN. The Morgan fingerprint density at radius 3 is 2.35 bits per heavy atom. The number of pyridine rings is 1. The van der Waals surface area contributed by atoms with Gasteiger partial charge >= 0.3 is 132 Å². The van der Waals surface area contributed by atoms with Gasteiger partial charge in [-0.2, -0.15) is 0 Å². The van der Waals surface area contributed by atoms with Crippen molar-refractivity contribution in [3.05, 3.63) is 59.2 Å². The van der Waals surface area contributed by atoms with Gasteiger partial charge in [-0.25, -0.2) is 0 Å². The molecule has 0 N–H and O–H groups in total. The van der Waals surface area contributed by atoms with E-state index in [4.69, 9.17) is 4.98 Å². The summed E-state index contributed by atoms with van der Waals surface area (Å²) in [4.78, 5) is 4.70. The van der Waals surface area contributed by atoms with Crippen molar-refractivity contribution in [2.45, 2.75) is 32.0 Å². The Morgan fingerprint density at radius 1 is 1.04 bits per heavy atom. The van der Waals surface area contributed by atoms with Gasteiger partial charge in [0.15, 0.2) is 0 Å². The van der Waals surface area contributed by atoms with E-state index in [2.05, 4.69) is 70.2 Å². The molecule has 1 aliphatic rings. The van der Waals surface area contributed by atoms with Gasteiger partial charge in [-0.05, 0) is 0 Å². The third kappa shape index (κ3) is 4.01. The third-order valence-corrected chi connectivity index (χ3v) is 8.42. The van der Waals surface area contributed by atoms with Gasteiger partial charge in [0.05, 0.1) is 0 Å². The van der Waals surface area contributed by atoms with Crippen molar-refractivity contribution in [3.8, 4) is 0 Å². The van der Waals surface area contributed by atoms with Crippen LogP contribution in [-0.4, -0.2) is 4.98 Å². The molecule has 0 spiro atoms. The quantitative estimate of drug-likeness (QED) is 0.649. The zero-order valence-electron chi connectivity index (χ0n) is 13.9. The zero-order valence-corrected chi connectivity index (χ0v) is 16.9. The fraction of sp³-hybridized carbons (Fsp3) is 0.316. The number of rotatable bonds is 2.